The summed E-state index contributed by atoms with van der Waals surface area (Å²) in [6.07, 6.45) is 3.62. The number of likely N-dealkylation sites (tertiary alicyclic amines) is 1. The highest BCUT2D eigenvalue weighted by atomic mass is 79.9. The van der Waals surface area contributed by atoms with E-state index in [1.807, 2.05) is 17.2 Å². The Kier molecular flexibility index (Phi) is 8.39. The number of rotatable bonds is 8. The van der Waals surface area contributed by atoms with Gasteiger partial charge in [0, 0.05) is 50.0 Å². The molecule has 7 rings (SSSR count). The predicted molar refractivity (Wildman–Crippen MR) is 174 cm³/mol. The summed E-state index contributed by atoms with van der Waals surface area (Å²) in [4.78, 5) is 33.7. The quantitative estimate of drug-likeness (QED) is 0.188. The predicted octanol–water partition coefficient (Wildman–Crippen LogP) is 7.80. The summed E-state index contributed by atoms with van der Waals surface area (Å²) in [7, 11) is -1.38. The van der Waals surface area contributed by atoms with E-state index in [1.165, 1.54) is 16.7 Å². The van der Waals surface area contributed by atoms with Gasteiger partial charge in [0.05, 0.1) is 40.8 Å². The molecule has 44 heavy (non-hydrogen) atoms. The lowest BCUT2D eigenvalue weighted by Gasteiger charge is -2.40. The second-order valence-electron chi connectivity index (χ2n) is 13.3. The number of carboxylic acid groups (broad SMARTS) is 1. The monoisotopic (exact) mass is 701 g/mol. The van der Waals surface area contributed by atoms with Gasteiger partial charge in [-0.3, -0.25) is 4.90 Å². The van der Waals surface area contributed by atoms with E-state index in [2.05, 4.69) is 52.3 Å². The lowest BCUT2D eigenvalue weighted by molar-refractivity contribution is 0.0985. The molecular weight excluding hydrogens is 665 g/mol. The number of aromatic nitrogens is 2. The molecule has 2 aromatic heterocycles. The molecule has 3 aliphatic heterocycles. The van der Waals surface area contributed by atoms with Crippen LogP contribution in [0.3, 0.4) is 0 Å². The van der Waals surface area contributed by atoms with Crippen molar-refractivity contribution in [3.8, 4) is 6.07 Å². The third kappa shape index (κ3) is 5.26. The Bertz CT molecular complexity index is 1700. The normalized spacial score (nSPS) is 22.9. The van der Waals surface area contributed by atoms with Crippen molar-refractivity contribution < 1.29 is 23.8 Å². The van der Waals surface area contributed by atoms with Gasteiger partial charge in [-0.2, -0.15) is 5.26 Å². The van der Waals surface area contributed by atoms with E-state index >= 15 is 4.39 Å². The van der Waals surface area contributed by atoms with Crippen LogP contribution >= 0.6 is 27.7 Å². The summed E-state index contributed by atoms with van der Waals surface area (Å²) in [6.45, 7) is 8.17. The number of hydrogen-bond donors (Lipinski definition) is 1. The van der Waals surface area contributed by atoms with Crippen molar-refractivity contribution in [1.29, 1.82) is 5.26 Å². The molecule has 9 nitrogen and oxygen atoms in total. The molecule has 234 valence electrons. The maximum atomic E-state index is 16.0. The highest BCUT2D eigenvalue weighted by Crippen LogP contribution is 2.54. The number of amides is 2. The zero-order valence-electron chi connectivity index (χ0n) is 25.4. The smallest absolute Gasteiger partial charge is 0.410 e. The standard InChI is InChI=1S/C31H37BrFN5O4SSi/c1-43-29-20-15-22(21-8-6-10-36(21)31(41)42-11-12-44(2,3)4)38(27-18-14-23(27)37(16-18)30(39)40)28(20)19-13-17(7-5-9-34)24(32)25(33)26(19)35-29/h13,15,18,21,23,27H,5-8,10-12,14,16H2,1-4H3,(H,39,40)/t18-,21-,23-,27+/m1/s1. The van der Waals surface area contributed by atoms with E-state index in [1.54, 1.807) is 0 Å². The molecule has 4 fully saturated rings. The van der Waals surface area contributed by atoms with Gasteiger partial charge in [-0.1, -0.05) is 19.6 Å². The number of carbonyl (C=O) groups is 2. The Morgan fingerprint density at radius 1 is 1.27 bits per heavy atom. The Hall–Kier alpha value is -2.82. The number of halogens is 2. The summed E-state index contributed by atoms with van der Waals surface area (Å²) in [6, 6.07) is 6.44. The number of aryl methyl sites for hydroxylation is 1. The number of ether oxygens (including phenoxy) is 1. The van der Waals surface area contributed by atoms with Crippen LogP contribution in [0.5, 0.6) is 0 Å². The molecule has 1 aliphatic carbocycles. The van der Waals surface area contributed by atoms with Crippen LogP contribution in [0.15, 0.2) is 21.6 Å². The Morgan fingerprint density at radius 2 is 2.05 bits per heavy atom. The van der Waals surface area contributed by atoms with Crippen molar-refractivity contribution in [2.24, 2.45) is 5.92 Å². The molecule has 3 aromatic rings. The van der Waals surface area contributed by atoms with Crippen LogP contribution < -0.4 is 0 Å². The van der Waals surface area contributed by atoms with Gasteiger partial charge in [0.25, 0.3) is 0 Å². The SMILES string of the molecule is CSc1nc2c(F)c(Br)c(CCC#N)cc2c2c1cc([C@H]1CCCN1C(=O)OCC[Si](C)(C)C)n2[C@H]1[C@@H]2C[C@H]1N(C(=O)O)C2. The van der Waals surface area contributed by atoms with E-state index in [0.29, 0.717) is 46.6 Å². The number of thioether (sulfide) groups is 1. The summed E-state index contributed by atoms with van der Waals surface area (Å²) in [5, 5.41) is 21.4. The second-order valence-corrected chi connectivity index (χ2v) is 20.5. The molecule has 0 radical (unpaired) electrons. The molecule has 13 heteroatoms. The number of pyridine rings is 1. The third-order valence-corrected chi connectivity index (χ3v) is 12.7. The molecule has 2 amide bonds. The lowest BCUT2D eigenvalue weighted by Crippen LogP contribution is -2.43. The van der Waals surface area contributed by atoms with Crippen molar-refractivity contribution in [2.75, 3.05) is 26.0 Å². The van der Waals surface area contributed by atoms with Gasteiger partial charge in [0.15, 0.2) is 5.82 Å². The van der Waals surface area contributed by atoms with Gasteiger partial charge in [-0.25, -0.2) is 19.0 Å². The van der Waals surface area contributed by atoms with E-state index < -0.39 is 20.0 Å². The van der Waals surface area contributed by atoms with E-state index in [9.17, 15) is 20.0 Å². The van der Waals surface area contributed by atoms with E-state index in [4.69, 9.17) is 9.72 Å². The fraction of sp³-hybridized carbons (Fsp3) is 0.548. The molecule has 3 saturated heterocycles. The number of fused-ring (bicyclic) bond motifs is 4. The average molecular weight is 703 g/mol. The topological polar surface area (TPSA) is 112 Å². The van der Waals surface area contributed by atoms with E-state index in [-0.39, 0.29) is 42.1 Å². The van der Waals surface area contributed by atoms with Crippen molar-refractivity contribution in [2.45, 2.75) is 80.9 Å². The van der Waals surface area contributed by atoms with Crippen LogP contribution in [-0.2, 0) is 11.2 Å². The maximum absolute atomic E-state index is 16.0. The molecule has 4 aliphatic rings. The first-order valence-electron chi connectivity index (χ1n) is 15.1. The van der Waals surface area contributed by atoms with Crippen molar-refractivity contribution in [3.05, 3.63) is 33.7 Å². The first-order chi connectivity index (χ1) is 20.9. The molecular formula is C31H37BrFN5O4SSi. The zero-order chi connectivity index (χ0) is 31.5. The Balaban J connectivity index is 1.55. The van der Waals surface area contributed by atoms with Crippen LogP contribution in [-0.4, -0.2) is 76.7 Å². The van der Waals surface area contributed by atoms with Crippen LogP contribution in [0.25, 0.3) is 21.8 Å². The first-order valence-corrected chi connectivity index (χ1v) is 20.9. The minimum atomic E-state index is -1.38. The molecule has 1 N–H and O–H groups in total. The summed E-state index contributed by atoms with van der Waals surface area (Å²) in [5.41, 5.74) is 2.64. The van der Waals surface area contributed by atoms with Crippen molar-refractivity contribution in [3.63, 3.8) is 0 Å². The summed E-state index contributed by atoms with van der Waals surface area (Å²) >= 11 is 4.85. The number of nitriles is 1. The zero-order valence-corrected chi connectivity index (χ0v) is 28.8. The minimum absolute atomic E-state index is 0.114. The third-order valence-electron chi connectivity index (χ3n) is 9.42. The molecule has 2 bridgehead atoms. The fourth-order valence-electron chi connectivity index (χ4n) is 7.22. The van der Waals surface area contributed by atoms with Gasteiger partial charge in [0.2, 0.25) is 0 Å². The molecule has 0 spiro atoms. The van der Waals surface area contributed by atoms with Crippen LogP contribution in [0.1, 0.15) is 49.0 Å². The van der Waals surface area contributed by atoms with Crippen LogP contribution in [0, 0.1) is 23.1 Å². The highest BCUT2D eigenvalue weighted by Gasteiger charge is 2.56. The molecule has 4 atom stereocenters. The number of benzene rings is 1. The van der Waals surface area contributed by atoms with Crippen molar-refractivity contribution >= 4 is 69.8 Å². The molecule has 0 unspecified atom stereocenters. The van der Waals surface area contributed by atoms with Gasteiger partial charge in [0.1, 0.15) is 10.5 Å². The first kappa shape index (κ1) is 31.2. The molecule has 1 saturated carbocycles. The van der Waals surface area contributed by atoms with Crippen LogP contribution in [0.2, 0.25) is 25.7 Å². The molecule has 5 heterocycles. The highest BCUT2D eigenvalue weighted by molar-refractivity contribution is 9.10. The van der Waals surface area contributed by atoms with Crippen molar-refractivity contribution in [1.82, 2.24) is 19.4 Å². The fourth-order valence-corrected chi connectivity index (χ4v) is 8.99. The number of nitrogens with zero attached hydrogens (tertiary/aromatic N) is 5. The molecule has 1 aromatic carbocycles. The second kappa shape index (κ2) is 11.8. The average Bonchev–Trinajstić information content (AvgIpc) is 3.75. The number of carbonyl (C=O) groups excluding carboxylic acids is 1. The van der Waals surface area contributed by atoms with Gasteiger partial charge < -0.3 is 19.3 Å². The van der Waals surface area contributed by atoms with E-state index in [0.717, 1.165) is 41.9 Å². The van der Waals surface area contributed by atoms with Gasteiger partial charge in [-0.05, 0) is 71.6 Å². The summed E-state index contributed by atoms with van der Waals surface area (Å²) in [5.74, 6) is -0.359. The Morgan fingerprint density at radius 3 is 2.70 bits per heavy atom. The summed E-state index contributed by atoms with van der Waals surface area (Å²) < 4.78 is 24.3. The minimum Gasteiger partial charge on any atom is -0.465 e. The van der Waals surface area contributed by atoms with Crippen LogP contribution in [0.4, 0.5) is 14.0 Å². The van der Waals surface area contributed by atoms with Gasteiger partial charge >= 0.3 is 12.2 Å². The number of hydrogen-bond acceptors (Lipinski definition) is 6. The lowest BCUT2D eigenvalue weighted by atomic mass is 9.79. The Labute approximate surface area is 269 Å². The van der Waals surface area contributed by atoms with Gasteiger partial charge in [-0.15, -0.1) is 11.8 Å². The maximum Gasteiger partial charge on any atom is 0.410 e. The largest absolute Gasteiger partial charge is 0.465 e.